The van der Waals surface area contributed by atoms with Crippen molar-refractivity contribution in [2.45, 2.75) is 6.61 Å². The zero-order valence-electron chi connectivity index (χ0n) is 14.4. The van der Waals surface area contributed by atoms with Crippen LogP contribution in [0.3, 0.4) is 0 Å². The molecule has 1 heterocycles. The lowest BCUT2D eigenvalue weighted by Crippen LogP contribution is -2.36. The highest BCUT2D eigenvalue weighted by Gasteiger charge is 2.14. The molecule has 0 N–H and O–H groups in total. The summed E-state index contributed by atoms with van der Waals surface area (Å²) in [5, 5.41) is 0.384. The Kier molecular flexibility index (Phi) is 6.42. The molecule has 2 aromatic carbocycles. The molecule has 0 bridgehead atoms. The van der Waals surface area contributed by atoms with Gasteiger partial charge in [0.05, 0.1) is 18.2 Å². The number of rotatable bonds is 6. The molecule has 0 aliphatic carbocycles. The van der Waals surface area contributed by atoms with Gasteiger partial charge in [-0.3, -0.25) is 4.79 Å². The van der Waals surface area contributed by atoms with Gasteiger partial charge in [0.15, 0.2) is 5.78 Å². The standard InChI is InChI=1S/C20H18ClF2NO3/c21-18-13-15(24-9-11-26-12-10-24)4-7-17(18)19(25)8-3-14-1-5-16(6-2-14)27-20(22)23/h1-8,13,20H,9-12H2/b8-3+. The highest BCUT2D eigenvalue weighted by atomic mass is 35.5. The molecule has 2 aromatic rings. The van der Waals surface area contributed by atoms with Crippen LogP contribution < -0.4 is 9.64 Å². The molecule has 1 fully saturated rings. The molecule has 0 atom stereocenters. The molecule has 0 unspecified atom stereocenters. The molecular formula is C20H18ClF2NO3. The van der Waals surface area contributed by atoms with Gasteiger partial charge in [0.1, 0.15) is 5.75 Å². The van der Waals surface area contributed by atoms with Gasteiger partial charge in [0.25, 0.3) is 0 Å². The van der Waals surface area contributed by atoms with E-state index < -0.39 is 6.61 Å². The van der Waals surface area contributed by atoms with Crippen molar-refractivity contribution in [1.29, 1.82) is 0 Å². The summed E-state index contributed by atoms with van der Waals surface area (Å²) < 4.78 is 33.9. The first-order valence-corrected chi connectivity index (χ1v) is 8.80. The summed E-state index contributed by atoms with van der Waals surface area (Å²) in [7, 11) is 0. The fourth-order valence-electron chi connectivity index (χ4n) is 2.74. The Morgan fingerprint density at radius 2 is 1.85 bits per heavy atom. The van der Waals surface area contributed by atoms with E-state index in [1.807, 2.05) is 6.07 Å². The topological polar surface area (TPSA) is 38.8 Å². The maximum Gasteiger partial charge on any atom is 0.387 e. The summed E-state index contributed by atoms with van der Waals surface area (Å²) in [6, 6.07) is 11.4. The quantitative estimate of drug-likeness (QED) is 0.528. The Bertz CT molecular complexity index is 818. The molecule has 142 valence electrons. The van der Waals surface area contributed by atoms with E-state index in [4.69, 9.17) is 16.3 Å². The van der Waals surface area contributed by atoms with Gasteiger partial charge in [-0.2, -0.15) is 8.78 Å². The van der Waals surface area contributed by atoms with Gasteiger partial charge in [-0.15, -0.1) is 0 Å². The van der Waals surface area contributed by atoms with Crippen LogP contribution in [0.1, 0.15) is 15.9 Å². The molecule has 0 saturated carbocycles. The third kappa shape index (κ3) is 5.28. The number of halogens is 3. The molecule has 0 amide bonds. The molecule has 7 heteroatoms. The van der Waals surface area contributed by atoms with Crippen molar-refractivity contribution >= 4 is 29.1 Å². The van der Waals surface area contributed by atoms with Crippen LogP contribution in [0.5, 0.6) is 5.75 Å². The maximum absolute atomic E-state index is 12.4. The summed E-state index contributed by atoms with van der Waals surface area (Å²) in [6.07, 6.45) is 3.00. The van der Waals surface area contributed by atoms with Crippen molar-refractivity contribution in [3.63, 3.8) is 0 Å². The molecule has 27 heavy (non-hydrogen) atoms. The predicted octanol–water partition coefficient (Wildman–Crippen LogP) is 4.67. The molecule has 0 spiro atoms. The summed E-state index contributed by atoms with van der Waals surface area (Å²) in [5.74, 6) is -0.170. The molecule has 1 saturated heterocycles. The van der Waals surface area contributed by atoms with Gasteiger partial charge in [0, 0.05) is 24.3 Å². The summed E-state index contributed by atoms with van der Waals surface area (Å²) >= 11 is 6.29. The number of carbonyl (C=O) groups excluding carboxylic acids is 1. The van der Waals surface area contributed by atoms with Gasteiger partial charge in [-0.05, 0) is 42.0 Å². The van der Waals surface area contributed by atoms with E-state index in [0.717, 1.165) is 18.8 Å². The molecule has 1 aliphatic rings. The van der Waals surface area contributed by atoms with Crippen molar-refractivity contribution in [3.05, 3.63) is 64.7 Å². The summed E-state index contributed by atoms with van der Waals surface area (Å²) in [5.41, 5.74) is 2.05. The lowest BCUT2D eigenvalue weighted by molar-refractivity contribution is -0.0498. The first kappa shape index (κ1) is 19.3. The van der Waals surface area contributed by atoms with Crippen molar-refractivity contribution in [2.24, 2.45) is 0 Å². The average molecular weight is 394 g/mol. The van der Waals surface area contributed by atoms with E-state index in [1.165, 1.54) is 18.2 Å². The summed E-state index contributed by atoms with van der Waals surface area (Å²) in [4.78, 5) is 14.6. The SMILES string of the molecule is O=C(/C=C/c1ccc(OC(F)F)cc1)c1ccc(N2CCOCC2)cc1Cl. The first-order valence-electron chi connectivity index (χ1n) is 8.42. The first-order chi connectivity index (χ1) is 13.0. The molecule has 0 aromatic heterocycles. The van der Waals surface area contributed by atoms with Crippen molar-refractivity contribution in [1.82, 2.24) is 0 Å². The number of alkyl halides is 2. The van der Waals surface area contributed by atoms with Crippen LogP contribution in [0.25, 0.3) is 6.08 Å². The number of anilines is 1. The smallest absolute Gasteiger partial charge is 0.387 e. The number of nitrogens with zero attached hydrogens (tertiary/aromatic N) is 1. The number of benzene rings is 2. The molecule has 3 rings (SSSR count). The van der Waals surface area contributed by atoms with Gasteiger partial charge in [0.2, 0.25) is 0 Å². The maximum atomic E-state index is 12.4. The lowest BCUT2D eigenvalue weighted by Gasteiger charge is -2.29. The van der Waals surface area contributed by atoms with E-state index in [-0.39, 0.29) is 11.5 Å². The number of ether oxygens (including phenoxy) is 2. The Hall–Kier alpha value is -2.44. The van der Waals surface area contributed by atoms with Crippen LogP contribution >= 0.6 is 11.6 Å². The molecule has 4 nitrogen and oxygen atoms in total. The highest BCUT2D eigenvalue weighted by Crippen LogP contribution is 2.25. The zero-order valence-corrected chi connectivity index (χ0v) is 15.2. The van der Waals surface area contributed by atoms with Crippen LogP contribution in [-0.4, -0.2) is 38.7 Å². The number of carbonyl (C=O) groups is 1. The Morgan fingerprint density at radius 1 is 1.15 bits per heavy atom. The lowest BCUT2D eigenvalue weighted by atomic mass is 10.1. The van der Waals surface area contributed by atoms with Crippen LogP contribution in [0, 0.1) is 0 Å². The fourth-order valence-corrected chi connectivity index (χ4v) is 3.01. The van der Waals surface area contributed by atoms with Crippen LogP contribution in [0.2, 0.25) is 5.02 Å². The third-order valence-electron chi connectivity index (χ3n) is 4.13. The highest BCUT2D eigenvalue weighted by molar-refractivity contribution is 6.35. The third-order valence-corrected chi connectivity index (χ3v) is 4.44. The van der Waals surface area contributed by atoms with Crippen LogP contribution in [-0.2, 0) is 4.74 Å². The minimum Gasteiger partial charge on any atom is -0.435 e. The van der Waals surface area contributed by atoms with E-state index >= 15 is 0 Å². The number of morpholine rings is 1. The fraction of sp³-hybridized carbons (Fsp3) is 0.250. The average Bonchev–Trinajstić information content (AvgIpc) is 2.67. The number of hydrogen-bond donors (Lipinski definition) is 0. The predicted molar refractivity (Wildman–Crippen MR) is 101 cm³/mol. The summed E-state index contributed by atoms with van der Waals surface area (Å²) in [6.45, 7) is 0.0454. The molecule has 0 radical (unpaired) electrons. The van der Waals surface area contributed by atoms with Crippen molar-refractivity contribution in [2.75, 3.05) is 31.2 Å². The number of hydrogen-bond acceptors (Lipinski definition) is 4. The normalized spacial score (nSPS) is 14.7. The van der Waals surface area contributed by atoms with Gasteiger partial charge in [-0.1, -0.05) is 29.8 Å². The van der Waals surface area contributed by atoms with Crippen LogP contribution in [0.4, 0.5) is 14.5 Å². The van der Waals surface area contributed by atoms with E-state index in [1.54, 1.807) is 30.3 Å². The van der Waals surface area contributed by atoms with E-state index in [9.17, 15) is 13.6 Å². The number of ketones is 1. The van der Waals surface area contributed by atoms with E-state index in [0.29, 0.717) is 29.4 Å². The van der Waals surface area contributed by atoms with Gasteiger partial charge < -0.3 is 14.4 Å². The minimum absolute atomic E-state index is 0.0650. The van der Waals surface area contributed by atoms with Gasteiger partial charge >= 0.3 is 6.61 Å². The van der Waals surface area contributed by atoms with Crippen LogP contribution in [0.15, 0.2) is 48.5 Å². The zero-order chi connectivity index (χ0) is 19.2. The second kappa shape index (κ2) is 8.97. The van der Waals surface area contributed by atoms with E-state index in [2.05, 4.69) is 9.64 Å². The van der Waals surface area contributed by atoms with Crippen molar-refractivity contribution in [3.8, 4) is 5.75 Å². The van der Waals surface area contributed by atoms with Crippen molar-refractivity contribution < 1.29 is 23.0 Å². The van der Waals surface area contributed by atoms with Gasteiger partial charge in [-0.25, -0.2) is 0 Å². The monoisotopic (exact) mass is 393 g/mol. The number of allylic oxidation sites excluding steroid dienone is 1. The second-order valence-electron chi connectivity index (χ2n) is 5.91. The Labute approximate surface area is 160 Å². The minimum atomic E-state index is -2.87. The molecular weight excluding hydrogens is 376 g/mol. The Balaban J connectivity index is 1.67. The molecule has 1 aliphatic heterocycles. The largest absolute Gasteiger partial charge is 0.435 e. The second-order valence-corrected chi connectivity index (χ2v) is 6.32. The Morgan fingerprint density at radius 3 is 2.48 bits per heavy atom.